The third kappa shape index (κ3) is 10.9. The van der Waals surface area contributed by atoms with Gasteiger partial charge in [-0.3, -0.25) is 0 Å². The third-order valence-corrected chi connectivity index (χ3v) is 13.9. The highest BCUT2D eigenvalue weighted by Gasteiger charge is 2.67. The quantitative estimate of drug-likeness (QED) is 0.125. The van der Waals surface area contributed by atoms with Crippen molar-refractivity contribution in [3.63, 3.8) is 0 Å². The molecule has 4 atom stereocenters. The van der Waals surface area contributed by atoms with Crippen LogP contribution < -0.4 is 4.72 Å². The van der Waals surface area contributed by atoms with Gasteiger partial charge < -0.3 is 4.74 Å². The van der Waals surface area contributed by atoms with Crippen LogP contribution >= 0.6 is 0 Å². The summed E-state index contributed by atoms with van der Waals surface area (Å²) in [6.45, 7) is 15.8. The first-order valence-corrected chi connectivity index (χ1v) is 22.0. The van der Waals surface area contributed by atoms with E-state index in [1.807, 2.05) is 0 Å². The van der Waals surface area contributed by atoms with Crippen LogP contribution in [0, 0.1) is 25.7 Å². The summed E-state index contributed by atoms with van der Waals surface area (Å²) in [6.07, 6.45) is -4.14. The molecule has 3 fully saturated rings. The molecule has 23 heteroatoms. The number of nitrogens with one attached hydrogen (secondary N) is 1. The van der Waals surface area contributed by atoms with Gasteiger partial charge in [0.05, 0.1) is 45.0 Å². The molecule has 2 aliphatic carbocycles. The Morgan fingerprint density at radius 2 is 1.15 bits per heavy atom. The van der Waals surface area contributed by atoms with E-state index in [1.165, 1.54) is 41.7 Å². The number of aromatic nitrogens is 8. The molecule has 13 nitrogen and oxygen atoms in total. The molecule has 0 aromatic carbocycles. The van der Waals surface area contributed by atoms with Gasteiger partial charge in [-0.15, -0.1) is 10.2 Å². The predicted octanol–water partition coefficient (Wildman–Crippen LogP) is 7.77. The van der Waals surface area contributed by atoms with Gasteiger partial charge in [-0.25, -0.2) is 36.8 Å². The van der Waals surface area contributed by atoms with Crippen LogP contribution in [0.4, 0.5) is 35.1 Å². The average molecular weight is 925 g/mol. The Balaban J connectivity index is 0.000000210. The first-order valence-electron chi connectivity index (χ1n) is 19.8. The van der Waals surface area contributed by atoms with Gasteiger partial charge in [-0.2, -0.15) is 35.1 Å². The minimum Gasteiger partial charge on any atom is -0.381 e. The van der Waals surface area contributed by atoms with Gasteiger partial charge in [0.25, 0.3) is 0 Å². The molecular weight excluding hydrogens is 873 g/mol. The molecule has 2 saturated carbocycles. The highest BCUT2D eigenvalue weighted by Crippen LogP contribution is 2.56. The van der Waals surface area contributed by atoms with E-state index in [0.717, 1.165) is 34.7 Å². The van der Waals surface area contributed by atoms with E-state index in [0.29, 0.717) is 22.5 Å². The number of nitrogens with zero attached hydrogens (tertiary/aromatic N) is 9. The van der Waals surface area contributed by atoms with Crippen LogP contribution in [0.3, 0.4) is 0 Å². The first-order chi connectivity index (χ1) is 28.6. The molecule has 0 spiro atoms. The van der Waals surface area contributed by atoms with Crippen molar-refractivity contribution >= 4 is 22.0 Å². The summed E-state index contributed by atoms with van der Waals surface area (Å²) in [5, 5.41) is 15.3. The zero-order chi connectivity index (χ0) is 46.2. The Labute approximate surface area is 360 Å². The second kappa shape index (κ2) is 18.4. The summed E-state index contributed by atoms with van der Waals surface area (Å²) in [4.78, 5) is 7.56. The zero-order valence-corrected chi connectivity index (χ0v) is 37.5. The normalized spacial score (nSPS) is 19.1. The molecule has 0 radical (unpaired) electrons. The van der Waals surface area contributed by atoms with Crippen molar-refractivity contribution in [2.45, 2.75) is 139 Å². The molecule has 4 aromatic heterocycles. The Bertz CT molecular complexity index is 2220. The molecule has 3 aliphatic rings. The van der Waals surface area contributed by atoms with E-state index in [9.17, 15) is 43.5 Å². The molecule has 344 valence electrons. The molecule has 0 bridgehead atoms. The Morgan fingerprint density at radius 3 is 1.52 bits per heavy atom. The summed E-state index contributed by atoms with van der Waals surface area (Å²) in [6, 6.07) is 3.57. The standard InChI is InChI=1S/C18H23F4N5OS.C17H21F4N5OS.C4H8O/c1-11-12(6-7-14(19)23-11)15(26(5)29(28)16(2,3)4)13-10-27(25-24-13)17(8-9-17)18(20,21)22;1-10-11(5-6-13(18)22-10)14(24-28(27)15(2,3)4)12-9-26(25-23-12)16(7-8-16)17(19,20)21;1-2-4-5-3-1/h6-7,10,15H,8-9H2,1-5H3;5-6,9,14,24H,7-8H2,1-4H3;1-4H2/t15-,29-;14-,28-;/m00./s1. The fourth-order valence-electron chi connectivity index (χ4n) is 6.57. The number of ether oxygens (including phenoxy) is 1. The lowest BCUT2D eigenvalue weighted by atomic mass is 10.0. The molecule has 1 N–H and O–H groups in total. The van der Waals surface area contributed by atoms with E-state index < -0.39 is 78.9 Å². The maximum Gasteiger partial charge on any atom is 0.413 e. The average Bonchev–Trinajstić information content (AvgIpc) is 3.91. The van der Waals surface area contributed by atoms with E-state index in [1.54, 1.807) is 62.4 Å². The van der Waals surface area contributed by atoms with Crippen molar-refractivity contribution in [2.24, 2.45) is 0 Å². The second-order valence-electron chi connectivity index (χ2n) is 17.4. The number of hydrogen-bond acceptors (Lipinski definition) is 9. The lowest BCUT2D eigenvalue weighted by molar-refractivity contribution is -0.183. The van der Waals surface area contributed by atoms with E-state index >= 15 is 0 Å². The monoisotopic (exact) mass is 924 g/mol. The van der Waals surface area contributed by atoms with Gasteiger partial charge in [0.1, 0.15) is 22.4 Å². The molecule has 1 aliphatic heterocycles. The van der Waals surface area contributed by atoms with Crippen LogP contribution in [0.25, 0.3) is 0 Å². The van der Waals surface area contributed by atoms with E-state index in [4.69, 9.17) is 4.74 Å². The fraction of sp³-hybridized carbons (Fsp3) is 0.641. The minimum atomic E-state index is -4.44. The van der Waals surface area contributed by atoms with Crippen molar-refractivity contribution in [1.29, 1.82) is 0 Å². The summed E-state index contributed by atoms with van der Waals surface area (Å²) in [5.41, 5.74) is -2.13. The second-order valence-corrected chi connectivity index (χ2v) is 21.7. The van der Waals surface area contributed by atoms with Crippen molar-refractivity contribution in [2.75, 3.05) is 20.3 Å². The SMILES string of the molecule is C1CCOC1.Cc1nc(F)ccc1[C@@H](c1cn(C2(C(F)(F)F)CC2)nn1)N(C)[S@@](=O)C(C)(C)C.Cc1nc(F)ccc1[C@H](N[S@@](=O)C(C)(C)C)c1cn(C2(C(F)(F)F)CC2)nn1. The van der Waals surface area contributed by atoms with Crippen LogP contribution in [0.5, 0.6) is 0 Å². The van der Waals surface area contributed by atoms with Crippen LogP contribution in [-0.4, -0.2) is 94.8 Å². The maximum atomic E-state index is 13.5. The molecule has 62 heavy (non-hydrogen) atoms. The van der Waals surface area contributed by atoms with Crippen molar-refractivity contribution in [3.8, 4) is 0 Å². The minimum absolute atomic E-state index is 0.0646. The first kappa shape index (κ1) is 49.2. The molecular formula is C39H52F8N10O3S2. The smallest absolute Gasteiger partial charge is 0.381 e. The van der Waals surface area contributed by atoms with E-state index in [-0.39, 0.29) is 37.1 Å². The van der Waals surface area contributed by atoms with Crippen LogP contribution in [-0.2, 0) is 37.8 Å². The number of rotatable bonds is 10. The number of alkyl halides is 6. The molecule has 4 aromatic rings. The number of hydrogen-bond donors (Lipinski definition) is 1. The van der Waals surface area contributed by atoms with Gasteiger partial charge in [0.15, 0.2) is 11.1 Å². The van der Waals surface area contributed by atoms with Crippen LogP contribution in [0.2, 0.25) is 0 Å². The summed E-state index contributed by atoms with van der Waals surface area (Å²) in [5.74, 6) is -1.36. The summed E-state index contributed by atoms with van der Waals surface area (Å²) >= 11 is 0. The third-order valence-electron chi connectivity index (χ3n) is 10.5. The molecule has 0 amide bonds. The molecule has 5 heterocycles. The lowest BCUT2D eigenvalue weighted by Gasteiger charge is -2.32. The van der Waals surface area contributed by atoms with Gasteiger partial charge in [-0.1, -0.05) is 22.6 Å². The van der Waals surface area contributed by atoms with Crippen molar-refractivity contribution in [3.05, 3.63) is 82.5 Å². The van der Waals surface area contributed by atoms with Gasteiger partial charge >= 0.3 is 12.4 Å². The summed E-state index contributed by atoms with van der Waals surface area (Å²) in [7, 11) is -1.51. The molecule has 1 saturated heterocycles. The highest BCUT2D eigenvalue weighted by molar-refractivity contribution is 7.84. The van der Waals surface area contributed by atoms with Gasteiger partial charge in [0.2, 0.25) is 11.9 Å². The number of aryl methyl sites for hydroxylation is 2. The molecule has 0 unspecified atom stereocenters. The Hall–Kier alpha value is -3.80. The Kier molecular flexibility index (Phi) is 14.6. The highest BCUT2D eigenvalue weighted by atomic mass is 32.2. The fourth-order valence-corrected chi connectivity index (χ4v) is 8.67. The number of pyridine rings is 2. The van der Waals surface area contributed by atoms with Crippen molar-refractivity contribution in [1.82, 2.24) is 49.0 Å². The Morgan fingerprint density at radius 1 is 0.710 bits per heavy atom. The van der Waals surface area contributed by atoms with Gasteiger partial charge in [0, 0.05) is 31.6 Å². The largest absolute Gasteiger partial charge is 0.413 e. The maximum absolute atomic E-state index is 13.5. The topological polar surface area (TPSA) is 146 Å². The molecule has 7 rings (SSSR count). The zero-order valence-electron chi connectivity index (χ0n) is 35.9. The van der Waals surface area contributed by atoms with Crippen LogP contribution in [0.15, 0.2) is 36.7 Å². The summed E-state index contributed by atoms with van der Waals surface area (Å²) < 4.78 is 143. The van der Waals surface area contributed by atoms with Crippen LogP contribution in [0.1, 0.15) is 126 Å². The van der Waals surface area contributed by atoms with Crippen molar-refractivity contribution < 1.29 is 48.3 Å². The van der Waals surface area contributed by atoms with Gasteiger partial charge in [-0.05, 0) is 117 Å². The predicted molar refractivity (Wildman–Crippen MR) is 215 cm³/mol. The van der Waals surface area contributed by atoms with E-state index in [2.05, 4.69) is 35.3 Å². The number of halogens is 8. The lowest BCUT2D eigenvalue weighted by Crippen LogP contribution is -2.38.